The van der Waals surface area contributed by atoms with Gasteiger partial charge in [-0.1, -0.05) is 18.2 Å². The van der Waals surface area contributed by atoms with Crippen molar-refractivity contribution in [3.05, 3.63) is 48.5 Å². The minimum atomic E-state index is -0.760. The quantitative estimate of drug-likeness (QED) is 0.538. The fourth-order valence-electron chi connectivity index (χ4n) is 2.08. The average molecular weight is 315 g/mol. The molecule has 0 aliphatic carbocycles. The van der Waals surface area contributed by atoms with Crippen molar-refractivity contribution in [1.82, 2.24) is 0 Å². The zero-order valence-corrected chi connectivity index (χ0v) is 12.9. The molecule has 5 heteroatoms. The van der Waals surface area contributed by atoms with Crippen LogP contribution < -0.4 is 15.2 Å². The number of rotatable bonds is 9. The largest absolute Gasteiger partial charge is 0.491 e. The minimum absolute atomic E-state index is 0.202. The van der Waals surface area contributed by atoms with Gasteiger partial charge in [0.15, 0.2) is 0 Å². The highest BCUT2D eigenvalue weighted by Crippen LogP contribution is 2.29. The van der Waals surface area contributed by atoms with Crippen LogP contribution in [0.15, 0.2) is 48.5 Å². The Morgan fingerprint density at radius 3 is 2.48 bits per heavy atom. The van der Waals surface area contributed by atoms with Gasteiger partial charge in [-0.3, -0.25) is 4.79 Å². The second-order valence-electron chi connectivity index (χ2n) is 5.17. The van der Waals surface area contributed by atoms with Crippen LogP contribution in [0.3, 0.4) is 0 Å². The predicted octanol–water partition coefficient (Wildman–Crippen LogP) is 4.08. The third kappa shape index (κ3) is 5.90. The molecular formula is C18H21NO4. The summed E-state index contributed by atoms with van der Waals surface area (Å²) in [5.41, 5.74) is 6.49. The fourth-order valence-corrected chi connectivity index (χ4v) is 2.08. The third-order valence-corrected chi connectivity index (χ3v) is 3.25. The second-order valence-corrected chi connectivity index (χ2v) is 5.17. The van der Waals surface area contributed by atoms with E-state index in [9.17, 15) is 4.79 Å². The molecule has 0 heterocycles. The highest BCUT2D eigenvalue weighted by atomic mass is 16.5. The first-order valence-corrected chi connectivity index (χ1v) is 7.62. The van der Waals surface area contributed by atoms with E-state index in [1.54, 1.807) is 12.1 Å². The van der Waals surface area contributed by atoms with Gasteiger partial charge in [0.05, 0.1) is 12.3 Å². The standard InChI is InChI=1S/C18H21NO4/c19-16-13-15(23-14-7-3-1-4-8-14)10-11-17(16)22-12-6-2-5-9-18(20)21/h1,3-4,7-8,10-11,13H,2,5-6,9,12,19H2,(H,20,21). The van der Waals surface area contributed by atoms with E-state index in [0.29, 0.717) is 30.2 Å². The number of carbonyl (C=O) groups is 1. The average Bonchev–Trinajstić information content (AvgIpc) is 2.53. The van der Waals surface area contributed by atoms with Gasteiger partial charge in [-0.05, 0) is 43.5 Å². The van der Waals surface area contributed by atoms with E-state index in [1.807, 2.05) is 36.4 Å². The maximum absolute atomic E-state index is 10.4. The third-order valence-electron chi connectivity index (χ3n) is 3.25. The van der Waals surface area contributed by atoms with Crippen molar-refractivity contribution in [2.75, 3.05) is 12.3 Å². The van der Waals surface area contributed by atoms with Crippen LogP contribution in [-0.2, 0) is 4.79 Å². The molecule has 23 heavy (non-hydrogen) atoms. The van der Waals surface area contributed by atoms with Crippen LogP contribution in [0.5, 0.6) is 17.2 Å². The molecule has 122 valence electrons. The van der Waals surface area contributed by atoms with Crippen molar-refractivity contribution in [2.24, 2.45) is 0 Å². The number of aliphatic carboxylic acids is 1. The van der Waals surface area contributed by atoms with Gasteiger partial charge < -0.3 is 20.3 Å². The van der Waals surface area contributed by atoms with Crippen LogP contribution in [0, 0.1) is 0 Å². The van der Waals surface area contributed by atoms with Gasteiger partial charge in [-0.15, -0.1) is 0 Å². The van der Waals surface area contributed by atoms with Crippen LogP contribution >= 0.6 is 0 Å². The molecule has 0 unspecified atom stereocenters. The number of hydrogen-bond acceptors (Lipinski definition) is 4. The van der Waals surface area contributed by atoms with Gasteiger partial charge in [0, 0.05) is 12.5 Å². The lowest BCUT2D eigenvalue weighted by atomic mass is 10.2. The Morgan fingerprint density at radius 1 is 1.00 bits per heavy atom. The number of ether oxygens (including phenoxy) is 2. The van der Waals surface area contributed by atoms with E-state index in [0.717, 1.165) is 18.6 Å². The summed E-state index contributed by atoms with van der Waals surface area (Å²) in [6.07, 6.45) is 2.49. The maximum Gasteiger partial charge on any atom is 0.303 e. The first-order chi connectivity index (χ1) is 11.1. The summed E-state index contributed by atoms with van der Waals surface area (Å²) in [5.74, 6) is 1.26. The van der Waals surface area contributed by atoms with Gasteiger partial charge in [-0.25, -0.2) is 0 Å². The number of anilines is 1. The Labute approximate surface area is 135 Å². The van der Waals surface area contributed by atoms with Gasteiger partial charge in [-0.2, -0.15) is 0 Å². The Kier molecular flexibility index (Phi) is 6.29. The summed E-state index contributed by atoms with van der Waals surface area (Å²) in [6.45, 7) is 0.517. The molecule has 2 aromatic rings. The topological polar surface area (TPSA) is 81.8 Å². The maximum atomic E-state index is 10.4. The molecule has 0 saturated carbocycles. The lowest BCUT2D eigenvalue weighted by Gasteiger charge is -2.11. The lowest BCUT2D eigenvalue weighted by molar-refractivity contribution is -0.137. The molecule has 2 aromatic carbocycles. The number of unbranched alkanes of at least 4 members (excludes halogenated alkanes) is 2. The summed E-state index contributed by atoms with van der Waals surface area (Å²) in [6, 6.07) is 14.8. The monoisotopic (exact) mass is 315 g/mol. The number of carboxylic acid groups (broad SMARTS) is 1. The molecule has 0 aliphatic rings. The van der Waals surface area contributed by atoms with Gasteiger partial charge in [0.1, 0.15) is 17.2 Å². The minimum Gasteiger partial charge on any atom is -0.491 e. The summed E-state index contributed by atoms with van der Waals surface area (Å²) >= 11 is 0. The first-order valence-electron chi connectivity index (χ1n) is 7.62. The predicted molar refractivity (Wildman–Crippen MR) is 89.0 cm³/mol. The number of nitrogen functional groups attached to an aromatic ring is 1. The molecule has 0 fully saturated rings. The molecule has 0 radical (unpaired) electrons. The normalized spacial score (nSPS) is 10.3. The molecule has 0 aromatic heterocycles. The smallest absolute Gasteiger partial charge is 0.303 e. The molecule has 0 aliphatic heterocycles. The zero-order chi connectivity index (χ0) is 16.5. The zero-order valence-electron chi connectivity index (χ0n) is 12.9. The SMILES string of the molecule is Nc1cc(Oc2ccccc2)ccc1OCCCCCC(=O)O. The lowest BCUT2D eigenvalue weighted by Crippen LogP contribution is -2.01. The van der Waals surface area contributed by atoms with Crippen molar-refractivity contribution in [1.29, 1.82) is 0 Å². The van der Waals surface area contributed by atoms with Crippen LogP contribution in [0.4, 0.5) is 5.69 Å². The first kappa shape index (κ1) is 16.7. The molecule has 0 amide bonds. The molecule has 0 saturated heterocycles. The van der Waals surface area contributed by atoms with Gasteiger partial charge in [0.2, 0.25) is 0 Å². The Hall–Kier alpha value is -2.69. The summed E-state index contributed by atoms with van der Waals surface area (Å²) in [5, 5.41) is 8.56. The van der Waals surface area contributed by atoms with E-state index in [2.05, 4.69) is 0 Å². The molecule has 3 N–H and O–H groups in total. The van der Waals surface area contributed by atoms with Gasteiger partial charge >= 0.3 is 5.97 Å². The van der Waals surface area contributed by atoms with Crippen molar-refractivity contribution in [3.63, 3.8) is 0 Å². The van der Waals surface area contributed by atoms with Crippen LogP contribution in [-0.4, -0.2) is 17.7 Å². The summed E-state index contributed by atoms with van der Waals surface area (Å²) in [4.78, 5) is 10.4. The Morgan fingerprint density at radius 2 is 1.78 bits per heavy atom. The van der Waals surface area contributed by atoms with Crippen molar-refractivity contribution in [2.45, 2.75) is 25.7 Å². The number of hydrogen-bond donors (Lipinski definition) is 2. The van der Waals surface area contributed by atoms with Crippen molar-refractivity contribution >= 4 is 11.7 Å². The van der Waals surface area contributed by atoms with E-state index >= 15 is 0 Å². The number of para-hydroxylation sites is 1. The number of carboxylic acids is 1. The fraction of sp³-hybridized carbons (Fsp3) is 0.278. The molecular weight excluding hydrogens is 294 g/mol. The number of benzene rings is 2. The van der Waals surface area contributed by atoms with Crippen molar-refractivity contribution < 1.29 is 19.4 Å². The molecule has 0 atom stereocenters. The van der Waals surface area contributed by atoms with Gasteiger partial charge in [0.25, 0.3) is 0 Å². The van der Waals surface area contributed by atoms with E-state index < -0.39 is 5.97 Å². The van der Waals surface area contributed by atoms with E-state index in [-0.39, 0.29) is 6.42 Å². The molecule has 2 rings (SSSR count). The van der Waals surface area contributed by atoms with E-state index in [1.165, 1.54) is 0 Å². The van der Waals surface area contributed by atoms with Crippen LogP contribution in [0.1, 0.15) is 25.7 Å². The molecule has 5 nitrogen and oxygen atoms in total. The van der Waals surface area contributed by atoms with Crippen molar-refractivity contribution in [3.8, 4) is 17.2 Å². The van der Waals surface area contributed by atoms with E-state index in [4.69, 9.17) is 20.3 Å². The summed E-state index contributed by atoms with van der Waals surface area (Å²) in [7, 11) is 0. The Bertz CT molecular complexity index is 628. The summed E-state index contributed by atoms with van der Waals surface area (Å²) < 4.78 is 11.3. The van der Waals surface area contributed by atoms with Crippen LogP contribution in [0.2, 0.25) is 0 Å². The number of nitrogens with two attached hydrogens (primary N) is 1. The second kappa shape index (κ2) is 8.68. The van der Waals surface area contributed by atoms with Crippen LogP contribution in [0.25, 0.3) is 0 Å². The highest BCUT2D eigenvalue weighted by Gasteiger charge is 2.04. The Balaban J connectivity index is 1.79. The molecule has 0 spiro atoms. The highest BCUT2D eigenvalue weighted by molar-refractivity contribution is 5.66. The molecule has 0 bridgehead atoms.